The van der Waals surface area contributed by atoms with Crippen LogP contribution in [0.5, 0.6) is 0 Å². The van der Waals surface area contributed by atoms with Gasteiger partial charge in [0.1, 0.15) is 19.3 Å². The molecule has 0 aromatic carbocycles. The lowest BCUT2D eigenvalue weighted by molar-refractivity contribution is -0.161. The van der Waals surface area contributed by atoms with Crippen LogP contribution >= 0.6 is 15.6 Å². The second-order valence-electron chi connectivity index (χ2n) is 28.2. The van der Waals surface area contributed by atoms with Crippen molar-refractivity contribution < 1.29 is 80.2 Å². The molecule has 0 bridgehead atoms. The van der Waals surface area contributed by atoms with Gasteiger partial charge in [0.25, 0.3) is 0 Å². The number of carbonyl (C=O) groups excluding carboxylic acids is 4. The first-order valence-electron chi connectivity index (χ1n) is 40.1. The molecular formula is C77H150O17P2. The van der Waals surface area contributed by atoms with E-state index in [4.69, 9.17) is 37.0 Å². The zero-order chi connectivity index (χ0) is 70.5. The van der Waals surface area contributed by atoms with Gasteiger partial charge in [-0.2, -0.15) is 0 Å². The highest BCUT2D eigenvalue weighted by molar-refractivity contribution is 7.47. The summed E-state index contributed by atoms with van der Waals surface area (Å²) >= 11 is 0. The minimum atomic E-state index is -4.96. The fourth-order valence-corrected chi connectivity index (χ4v) is 13.5. The highest BCUT2D eigenvalue weighted by Crippen LogP contribution is 2.45. The Hall–Kier alpha value is -1.94. The van der Waals surface area contributed by atoms with Gasteiger partial charge in [-0.25, -0.2) is 9.13 Å². The van der Waals surface area contributed by atoms with Gasteiger partial charge in [0.2, 0.25) is 0 Å². The molecule has 5 atom stereocenters. The van der Waals surface area contributed by atoms with Crippen LogP contribution in [0.4, 0.5) is 0 Å². The minimum absolute atomic E-state index is 0.107. The largest absolute Gasteiger partial charge is 0.472 e. The summed E-state index contributed by atoms with van der Waals surface area (Å²) in [6.45, 7) is 7.24. The molecule has 3 N–H and O–H groups in total. The standard InChI is InChI=1S/C77H150O17P2/c1-6-9-12-15-17-19-21-23-25-26-27-28-30-36-40-44-48-53-58-63-77(82)94-73(67-88-75(80)61-56-51-46-42-38-34-32-31-33-37-41-45-50-54-59-70(4)5)69-92-96(85,86)90-65-71(78)64-89-95(83,84)91-68-72(66-87-74(79)60-55-49-14-11-8-3)93-76(81)62-57-52-47-43-39-35-29-24-22-20-18-16-13-10-7-2/h70-73,78H,6-69H2,1-5H3,(H,83,84)(H,85,86)/t71-,72+,73+/m0/s1. The normalized spacial score (nSPS) is 13.9. The Labute approximate surface area is 588 Å². The number of ether oxygens (including phenoxy) is 4. The fraction of sp³-hybridized carbons (Fsp3) is 0.948. The van der Waals surface area contributed by atoms with E-state index >= 15 is 0 Å². The summed E-state index contributed by atoms with van der Waals surface area (Å²) in [6.07, 6.45) is 60.1. The molecule has 0 radical (unpaired) electrons. The van der Waals surface area contributed by atoms with Crippen LogP contribution in [0.3, 0.4) is 0 Å². The smallest absolute Gasteiger partial charge is 0.462 e. The van der Waals surface area contributed by atoms with Crippen molar-refractivity contribution in [2.24, 2.45) is 5.92 Å². The Kier molecular flexibility index (Phi) is 68.7. The number of hydrogen-bond donors (Lipinski definition) is 3. The van der Waals surface area contributed by atoms with Crippen LogP contribution in [0.2, 0.25) is 0 Å². The van der Waals surface area contributed by atoms with E-state index in [1.54, 1.807) is 0 Å². The quantitative estimate of drug-likeness (QED) is 0.0222. The van der Waals surface area contributed by atoms with Crippen LogP contribution in [-0.2, 0) is 65.4 Å². The maximum absolute atomic E-state index is 13.1. The van der Waals surface area contributed by atoms with Crippen LogP contribution < -0.4 is 0 Å². The predicted molar refractivity (Wildman–Crippen MR) is 391 cm³/mol. The van der Waals surface area contributed by atoms with Crippen molar-refractivity contribution in [2.75, 3.05) is 39.6 Å². The SMILES string of the molecule is CCCCCCCCCCCCCCCCCCCCCC(=O)O[C@H](COC(=O)CCCCCCCCCCCCCCCCC(C)C)COP(=O)(O)OC[C@@H](O)COP(=O)(O)OC[C@@H](COC(=O)CCCCCCC)OC(=O)CCCCCCCCCCCCCCCCC. The number of aliphatic hydroxyl groups excluding tert-OH is 1. The van der Waals surface area contributed by atoms with Gasteiger partial charge in [0.15, 0.2) is 12.2 Å². The number of unbranched alkanes of at least 4 members (excludes halogenated alkanes) is 49. The zero-order valence-corrected chi connectivity index (χ0v) is 64.3. The van der Waals surface area contributed by atoms with E-state index in [1.807, 2.05) is 0 Å². The molecule has 0 heterocycles. The highest BCUT2D eigenvalue weighted by atomic mass is 31.2. The van der Waals surface area contributed by atoms with E-state index in [0.29, 0.717) is 25.7 Å². The summed E-state index contributed by atoms with van der Waals surface area (Å²) in [7, 11) is -9.90. The molecule has 0 aliphatic heterocycles. The molecule has 0 aromatic heterocycles. The van der Waals surface area contributed by atoms with Gasteiger partial charge >= 0.3 is 39.5 Å². The van der Waals surface area contributed by atoms with Crippen LogP contribution in [0.15, 0.2) is 0 Å². The number of hydrogen-bond acceptors (Lipinski definition) is 15. The predicted octanol–water partition coefficient (Wildman–Crippen LogP) is 22.9. The molecule has 2 unspecified atom stereocenters. The molecule has 0 aromatic rings. The number of phosphoric acid groups is 2. The summed E-state index contributed by atoms with van der Waals surface area (Å²) in [5, 5.41) is 10.6. The lowest BCUT2D eigenvalue weighted by Gasteiger charge is -2.21. The lowest BCUT2D eigenvalue weighted by Crippen LogP contribution is -2.30. The Bertz CT molecular complexity index is 1840. The first-order valence-corrected chi connectivity index (χ1v) is 43.1. The second kappa shape index (κ2) is 70.1. The number of aliphatic hydroxyl groups is 1. The Morgan fingerprint density at radius 2 is 0.479 bits per heavy atom. The first kappa shape index (κ1) is 94.1. The second-order valence-corrected chi connectivity index (χ2v) is 31.1. The van der Waals surface area contributed by atoms with E-state index in [2.05, 4.69) is 34.6 Å². The average molecular weight is 1410 g/mol. The Balaban J connectivity index is 5.13. The Morgan fingerprint density at radius 1 is 0.281 bits per heavy atom. The van der Waals surface area contributed by atoms with E-state index in [9.17, 15) is 43.2 Å². The molecule has 96 heavy (non-hydrogen) atoms. The van der Waals surface area contributed by atoms with Crippen LogP contribution in [0, 0.1) is 5.92 Å². The van der Waals surface area contributed by atoms with Gasteiger partial charge in [-0.3, -0.25) is 37.3 Å². The Morgan fingerprint density at radius 3 is 0.708 bits per heavy atom. The molecular weight excluding hydrogens is 1260 g/mol. The van der Waals surface area contributed by atoms with Crippen LogP contribution in [0.1, 0.15) is 407 Å². The van der Waals surface area contributed by atoms with Crippen molar-refractivity contribution >= 4 is 39.5 Å². The van der Waals surface area contributed by atoms with Gasteiger partial charge in [-0.05, 0) is 31.6 Å². The molecule has 0 saturated heterocycles. The monoisotopic (exact) mass is 1410 g/mol. The van der Waals surface area contributed by atoms with Crippen molar-refractivity contribution in [3.05, 3.63) is 0 Å². The summed E-state index contributed by atoms with van der Waals surface area (Å²) < 4.78 is 68.4. The van der Waals surface area contributed by atoms with E-state index in [-0.39, 0.29) is 25.7 Å². The summed E-state index contributed by atoms with van der Waals surface area (Å²) in [6, 6.07) is 0. The van der Waals surface area contributed by atoms with Crippen molar-refractivity contribution in [1.29, 1.82) is 0 Å². The zero-order valence-electron chi connectivity index (χ0n) is 62.5. The fourth-order valence-electron chi connectivity index (χ4n) is 11.9. The molecule has 0 aliphatic rings. The van der Waals surface area contributed by atoms with Crippen molar-refractivity contribution in [3.8, 4) is 0 Å². The van der Waals surface area contributed by atoms with Crippen LogP contribution in [-0.4, -0.2) is 96.7 Å². The molecule has 0 aliphatic carbocycles. The van der Waals surface area contributed by atoms with E-state index in [0.717, 1.165) is 102 Å². The maximum Gasteiger partial charge on any atom is 0.472 e. The number of carbonyl (C=O) groups is 4. The highest BCUT2D eigenvalue weighted by Gasteiger charge is 2.30. The lowest BCUT2D eigenvalue weighted by atomic mass is 10.0. The van der Waals surface area contributed by atoms with Gasteiger partial charge in [-0.15, -0.1) is 0 Å². The van der Waals surface area contributed by atoms with Gasteiger partial charge in [-0.1, -0.05) is 356 Å². The third-order valence-electron chi connectivity index (χ3n) is 18.0. The third kappa shape index (κ3) is 70.5. The summed E-state index contributed by atoms with van der Waals surface area (Å²) in [5.74, 6) is -1.32. The van der Waals surface area contributed by atoms with Gasteiger partial charge in [0.05, 0.1) is 26.4 Å². The molecule has 0 saturated carbocycles. The maximum atomic E-state index is 13.1. The van der Waals surface area contributed by atoms with Crippen LogP contribution in [0.25, 0.3) is 0 Å². The van der Waals surface area contributed by atoms with Gasteiger partial charge in [0, 0.05) is 25.7 Å². The minimum Gasteiger partial charge on any atom is -0.462 e. The molecule has 0 rings (SSSR count). The molecule has 17 nitrogen and oxygen atoms in total. The molecule has 19 heteroatoms. The average Bonchev–Trinajstić information content (AvgIpc) is 1.24. The van der Waals surface area contributed by atoms with Crippen molar-refractivity contribution in [2.45, 2.75) is 425 Å². The van der Waals surface area contributed by atoms with E-state index in [1.165, 1.54) is 225 Å². The summed E-state index contributed by atoms with van der Waals surface area (Å²) in [4.78, 5) is 72.6. The molecule has 0 amide bonds. The number of rotatable bonds is 77. The summed E-state index contributed by atoms with van der Waals surface area (Å²) in [5.41, 5.74) is 0. The number of esters is 4. The topological polar surface area (TPSA) is 237 Å². The molecule has 0 fully saturated rings. The third-order valence-corrected chi connectivity index (χ3v) is 19.9. The molecule has 570 valence electrons. The first-order chi connectivity index (χ1) is 46.5. The van der Waals surface area contributed by atoms with Gasteiger partial charge < -0.3 is 33.8 Å². The van der Waals surface area contributed by atoms with Crippen molar-refractivity contribution in [3.63, 3.8) is 0 Å². The van der Waals surface area contributed by atoms with E-state index < -0.39 is 97.5 Å². The number of phosphoric ester groups is 2. The molecule has 0 spiro atoms. The van der Waals surface area contributed by atoms with Crippen molar-refractivity contribution in [1.82, 2.24) is 0 Å².